The van der Waals surface area contributed by atoms with Crippen molar-refractivity contribution in [2.75, 3.05) is 32.7 Å². The normalized spacial score (nSPS) is 16.8. The van der Waals surface area contributed by atoms with Gasteiger partial charge in [0, 0.05) is 49.6 Å². The average molecular weight is 610 g/mol. The van der Waals surface area contributed by atoms with Crippen LogP contribution in [0.2, 0.25) is 5.02 Å². The van der Waals surface area contributed by atoms with Crippen molar-refractivity contribution in [1.29, 1.82) is 0 Å². The maximum atomic E-state index is 13.7. The molecule has 3 aromatic carbocycles. The SMILES string of the molecule is O=C(NCCCN1CCCC1=O)c1c(CN2CCC(c3ccccc3)(c3ccccc3)CC2)ncn1Cc1ccc(Cl)cc1. The first-order chi connectivity index (χ1) is 21.5. The zero-order valence-electron chi connectivity index (χ0n) is 25.1. The van der Waals surface area contributed by atoms with Crippen LogP contribution in [0.1, 0.15) is 65.0 Å². The highest BCUT2D eigenvalue weighted by Gasteiger charge is 2.38. The van der Waals surface area contributed by atoms with Crippen molar-refractivity contribution < 1.29 is 9.59 Å². The van der Waals surface area contributed by atoms with E-state index in [1.165, 1.54) is 11.1 Å². The van der Waals surface area contributed by atoms with Gasteiger partial charge in [-0.1, -0.05) is 84.4 Å². The lowest BCUT2D eigenvalue weighted by molar-refractivity contribution is -0.127. The summed E-state index contributed by atoms with van der Waals surface area (Å²) in [6.07, 6.45) is 6.04. The van der Waals surface area contributed by atoms with Gasteiger partial charge in [0.15, 0.2) is 0 Å². The van der Waals surface area contributed by atoms with Crippen LogP contribution in [0.4, 0.5) is 0 Å². The fourth-order valence-electron chi connectivity index (χ4n) is 6.77. The van der Waals surface area contributed by atoms with E-state index in [9.17, 15) is 9.59 Å². The number of carbonyl (C=O) groups excluding carboxylic acids is 2. The van der Waals surface area contributed by atoms with Gasteiger partial charge in [0.2, 0.25) is 5.91 Å². The molecular weight excluding hydrogens is 570 g/mol. The molecule has 2 saturated heterocycles. The Morgan fingerprint density at radius 2 is 1.52 bits per heavy atom. The third-order valence-electron chi connectivity index (χ3n) is 9.19. The largest absolute Gasteiger partial charge is 0.351 e. The minimum atomic E-state index is -0.126. The Hall–Kier alpha value is -3.94. The number of amides is 2. The number of benzene rings is 3. The summed E-state index contributed by atoms with van der Waals surface area (Å²) in [5.41, 5.74) is 5.11. The Morgan fingerprint density at radius 1 is 0.864 bits per heavy atom. The lowest BCUT2D eigenvalue weighted by Gasteiger charge is -2.43. The predicted molar refractivity (Wildman–Crippen MR) is 174 cm³/mol. The van der Waals surface area contributed by atoms with Crippen LogP contribution >= 0.6 is 11.6 Å². The number of rotatable bonds is 11. The molecule has 2 fully saturated rings. The summed E-state index contributed by atoms with van der Waals surface area (Å²) in [4.78, 5) is 34.8. The first kappa shape index (κ1) is 30.1. The molecule has 7 nitrogen and oxygen atoms in total. The van der Waals surface area contributed by atoms with Crippen LogP contribution in [-0.4, -0.2) is 63.9 Å². The standard InChI is InChI=1S/C36H40ClN5O2/c37-31-16-14-28(15-17-31)25-42-27-39-32(34(42)35(44)38-20-8-22-41-21-7-13-33(41)43)26-40-23-18-36(19-24-40,29-9-3-1-4-10-29)30-11-5-2-6-12-30/h1-6,9-12,14-17,27H,7-8,13,18-26H2,(H,38,44). The molecule has 0 saturated carbocycles. The van der Waals surface area contributed by atoms with Crippen LogP contribution in [0.15, 0.2) is 91.3 Å². The van der Waals surface area contributed by atoms with Gasteiger partial charge in [-0.05, 0) is 67.6 Å². The Kier molecular flexibility index (Phi) is 9.43. The molecular formula is C36H40ClN5O2. The second-order valence-corrected chi connectivity index (χ2v) is 12.4. The Balaban J connectivity index is 1.17. The van der Waals surface area contributed by atoms with Gasteiger partial charge in [0.1, 0.15) is 5.69 Å². The summed E-state index contributed by atoms with van der Waals surface area (Å²) in [5, 5.41) is 3.80. The molecule has 0 radical (unpaired) electrons. The molecule has 0 bridgehead atoms. The number of hydrogen-bond acceptors (Lipinski definition) is 4. The summed E-state index contributed by atoms with van der Waals surface area (Å²) in [5.74, 6) is 0.0869. The maximum absolute atomic E-state index is 13.7. The lowest BCUT2D eigenvalue weighted by Crippen LogP contribution is -2.43. The smallest absolute Gasteiger partial charge is 0.269 e. The van der Waals surface area contributed by atoms with Gasteiger partial charge in [-0.3, -0.25) is 14.5 Å². The van der Waals surface area contributed by atoms with Crippen LogP contribution in [0, 0.1) is 0 Å². The molecule has 2 aliphatic rings. The first-order valence-electron chi connectivity index (χ1n) is 15.7. The predicted octanol–water partition coefficient (Wildman–Crippen LogP) is 5.91. The summed E-state index contributed by atoms with van der Waals surface area (Å²) in [7, 11) is 0. The molecule has 2 aliphatic heterocycles. The third kappa shape index (κ3) is 6.74. The van der Waals surface area contributed by atoms with Gasteiger partial charge in [0.25, 0.3) is 5.91 Å². The molecule has 44 heavy (non-hydrogen) atoms. The highest BCUT2D eigenvalue weighted by molar-refractivity contribution is 6.30. The van der Waals surface area contributed by atoms with Crippen LogP contribution in [-0.2, 0) is 23.3 Å². The van der Waals surface area contributed by atoms with Gasteiger partial charge in [0.05, 0.1) is 12.0 Å². The van der Waals surface area contributed by atoms with E-state index in [0.717, 1.165) is 56.6 Å². The molecule has 1 N–H and O–H groups in total. The number of nitrogens with one attached hydrogen (secondary N) is 1. The van der Waals surface area contributed by atoms with Gasteiger partial charge >= 0.3 is 0 Å². The van der Waals surface area contributed by atoms with Crippen molar-refractivity contribution in [2.45, 2.75) is 50.6 Å². The van der Waals surface area contributed by atoms with E-state index < -0.39 is 0 Å². The van der Waals surface area contributed by atoms with Crippen LogP contribution in [0.3, 0.4) is 0 Å². The maximum Gasteiger partial charge on any atom is 0.269 e. The van der Waals surface area contributed by atoms with E-state index in [1.54, 1.807) is 6.33 Å². The van der Waals surface area contributed by atoms with Crippen LogP contribution in [0.25, 0.3) is 0 Å². The molecule has 0 atom stereocenters. The molecule has 4 aromatic rings. The minimum Gasteiger partial charge on any atom is -0.351 e. The summed E-state index contributed by atoms with van der Waals surface area (Å²) in [6, 6.07) is 29.4. The number of hydrogen-bond donors (Lipinski definition) is 1. The zero-order valence-corrected chi connectivity index (χ0v) is 25.9. The number of likely N-dealkylation sites (tertiary alicyclic amines) is 2. The lowest BCUT2D eigenvalue weighted by atomic mass is 9.68. The molecule has 0 unspecified atom stereocenters. The number of piperidine rings is 1. The minimum absolute atomic E-state index is 0.0378. The van der Waals surface area contributed by atoms with E-state index in [4.69, 9.17) is 16.6 Å². The number of imidazole rings is 1. The topological polar surface area (TPSA) is 70.5 Å². The highest BCUT2D eigenvalue weighted by atomic mass is 35.5. The summed E-state index contributed by atoms with van der Waals surface area (Å²) < 4.78 is 1.94. The molecule has 0 aliphatic carbocycles. The van der Waals surface area contributed by atoms with E-state index in [1.807, 2.05) is 33.7 Å². The highest BCUT2D eigenvalue weighted by Crippen LogP contribution is 2.42. The zero-order chi connectivity index (χ0) is 30.4. The van der Waals surface area contributed by atoms with Gasteiger partial charge in [-0.25, -0.2) is 4.98 Å². The van der Waals surface area contributed by atoms with E-state index in [2.05, 4.69) is 70.9 Å². The number of carbonyl (C=O) groups is 2. The molecule has 1 aromatic heterocycles. The monoisotopic (exact) mass is 609 g/mol. The number of halogens is 1. The molecule has 3 heterocycles. The molecule has 6 rings (SSSR count). The first-order valence-corrected chi connectivity index (χ1v) is 16.1. The van der Waals surface area contributed by atoms with Gasteiger partial charge in [-0.2, -0.15) is 0 Å². The fourth-order valence-corrected chi connectivity index (χ4v) is 6.89. The summed E-state index contributed by atoms with van der Waals surface area (Å²) in [6.45, 7) is 4.94. The van der Waals surface area contributed by atoms with Crippen molar-refractivity contribution in [3.8, 4) is 0 Å². The third-order valence-corrected chi connectivity index (χ3v) is 9.44. The molecule has 8 heteroatoms. The van der Waals surface area contributed by atoms with Gasteiger partial charge in [-0.15, -0.1) is 0 Å². The van der Waals surface area contributed by atoms with Crippen molar-refractivity contribution in [3.05, 3.63) is 124 Å². The van der Waals surface area contributed by atoms with Crippen molar-refractivity contribution in [3.63, 3.8) is 0 Å². The van der Waals surface area contributed by atoms with Gasteiger partial charge < -0.3 is 14.8 Å². The molecule has 228 valence electrons. The average Bonchev–Trinajstić information content (AvgIpc) is 3.66. The number of aromatic nitrogens is 2. The number of nitrogens with zero attached hydrogens (tertiary/aromatic N) is 4. The Bertz CT molecular complexity index is 1510. The molecule has 2 amide bonds. The fraction of sp³-hybridized carbons (Fsp3) is 0.361. The van der Waals surface area contributed by atoms with Crippen LogP contribution < -0.4 is 5.32 Å². The quantitative estimate of drug-likeness (QED) is 0.215. The van der Waals surface area contributed by atoms with Crippen molar-refractivity contribution >= 4 is 23.4 Å². The van der Waals surface area contributed by atoms with E-state index in [0.29, 0.717) is 43.3 Å². The van der Waals surface area contributed by atoms with Crippen molar-refractivity contribution in [2.24, 2.45) is 0 Å². The van der Waals surface area contributed by atoms with E-state index in [-0.39, 0.29) is 17.2 Å². The summed E-state index contributed by atoms with van der Waals surface area (Å²) >= 11 is 6.12. The van der Waals surface area contributed by atoms with Crippen molar-refractivity contribution in [1.82, 2.24) is 24.7 Å². The van der Waals surface area contributed by atoms with Crippen LogP contribution in [0.5, 0.6) is 0 Å². The molecule has 0 spiro atoms. The Morgan fingerprint density at radius 3 is 2.14 bits per heavy atom. The second kappa shape index (κ2) is 13.8. The Labute approximate surface area is 264 Å². The van der Waals surface area contributed by atoms with E-state index >= 15 is 0 Å². The second-order valence-electron chi connectivity index (χ2n) is 12.0.